The summed E-state index contributed by atoms with van der Waals surface area (Å²) in [5.41, 5.74) is 7.92. The molecule has 86 valence electrons. The van der Waals surface area contributed by atoms with Gasteiger partial charge < -0.3 is 11.1 Å². The maximum atomic E-state index is 13.7. The number of halogens is 1. The van der Waals surface area contributed by atoms with Gasteiger partial charge in [0.25, 0.3) is 0 Å². The van der Waals surface area contributed by atoms with Crippen LogP contribution in [0.4, 0.5) is 10.1 Å². The van der Waals surface area contributed by atoms with E-state index >= 15 is 0 Å². The van der Waals surface area contributed by atoms with E-state index in [1.807, 2.05) is 6.92 Å². The molecule has 16 heavy (non-hydrogen) atoms. The highest BCUT2D eigenvalue weighted by molar-refractivity contribution is 5.93. The van der Waals surface area contributed by atoms with E-state index in [0.29, 0.717) is 30.5 Å². The van der Waals surface area contributed by atoms with E-state index in [9.17, 15) is 9.18 Å². The number of nitrogens with one attached hydrogen (secondary N) is 1. The normalized spacial score (nSPS) is 16.6. The molecule has 1 atom stereocenters. The Bertz CT molecular complexity index is 431. The standard InChI is InChI=1S/C12H15FN2O/c1-2-10(14)8-5-7-3-4-12(16)15-11(7)6-9(8)13/h5-6,10H,2-4,14H2,1H3,(H,15,16)/t10-/m0/s1. The quantitative estimate of drug-likeness (QED) is 0.805. The van der Waals surface area contributed by atoms with Crippen molar-refractivity contribution in [1.29, 1.82) is 0 Å². The largest absolute Gasteiger partial charge is 0.326 e. The lowest BCUT2D eigenvalue weighted by Crippen LogP contribution is -2.20. The molecule has 2 rings (SSSR count). The fourth-order valence-electron chi connectivity index (χ4n) is 1.93. The molecule has 3 N–H and O–H groups in total. The molecule has 0 aliphatic carbocycles. The number of anilines is 1. The van der Waals surface area contributed by atoms with Crippen molar-refractivity contribution in [1.82, 2.24) is 0 Å². The Labute approximate surface area is 93.8 Å². The minimum absolute atomic E-state index is 0.0561. The number of hydrogen-bond donors (Lipinski definition) is 2. The van der Waals surface area contributed by atoms with Crippen LogP contribution >= 0.6 is 0 Å². The van der Waals surface area contributed by atoms with Crippen molar-refractivity contribution >= 4 is 11.6 Å². The molecule has 0 unspecified atom stereocenters. The first kappa shape index (κ1) is 11.1. The van der Waals surface area contributed by atoms with Gasteiger partial charge in [0.05, 0.1) is 0 Å². The van der Waals surface area contributed by atoms with Crippen molar-refractivity contribution in [2.45, 2.75) is 32.2 Å². The molecular weight excluding hydrogens is 207 g/mol. The van der Waals surface area contributed by atoms with Crippen LogP contribution < -0.4 is 11.1 Å². The first-order chi connectivity index (χ1) is 7.61. The fraction of sp³-hybridized carbons (Fsp3) is 0.417. The summed E-state index contributed by atoms with van der Waals surface area (Å²) in [6.07, 6.45) is 1.81. The fourth-order valence-corrected chi connectivity index (χ4v) is 1.93. The van der Waals surface area contributed by atoms with Crippen molar-refractivity contribution in [3.8, 4) is 0 Å². The predicted molar refractivity (Wildman–Crippen MR) is 60.6 cm³/mol. The second kappa shape index (κ2) is 4.22. The minimum atomic E-state index is -0.338. The van der Waals surface area contributed by atoms with Gasteiger partial charge in [-0.25, -0.2) is 4.39 Å². The predicted octanol–water partition coefficient (Wildman–Crippen LogP) is 2.12. The number of carbonyl (C=O) groups excluding carboxylic acids is 1. The summed E-state index contributed by atoms with van der Waals surface area (Å²) in [6.45, 7) is 1.92. The molecule has 4 heteroatoms. The van der Waals surface area contributed by atoms with E-state index in [-0.39, 0.29) is 17.8 Å². The summed E-state index contributed by atoms with van der Waals surface area (Å²) in [4.78, 5) is 11.2. The summed E-state index contributed by atoms with van der Waals surface area (Å²) in [5.74, 6) is -0.394. The Balaban J connectivity index is 2.41. The third-order valence-electron chi connectivity index (χ3n) is 2.96. The van der Waals surface area contributed by atoms with E-state index in [1.165, 1.54) is 6.07 Å². The molecule has 0 fully saturated rings. The van der Waals surface area contributed by atoms with Gasteiger partial charge in [0.1, 0.15) is 5.82 Å². The molecule has 0 saturated carbocycles. The van der Waals surface area contributed by atoms with Crippen LogP contribution in [0.1, 0.15) is 36.9 Å². The van der Waals surface area contributed by atoms with Gasteiger partial charge in [0.2, 0.25) is 5.91 Å². The lowest BCUT2D eigenvalue weighted by atomic mass is 9.96. The van der Waals surface area contributed by atoms with Gasteiger partial charge in [-0.3, -0.25) is 4.79 Å². The highest BCUT2D eigenvalue weighted by atomic mass is 19.1. The third-order valence-corrected chi connectivity index (χ3v) is 2.96. The number of aryl methyl sites for hydroxylation is 1. The molecule has 0 bridgehead atoms. The summed E-state index contributed by atoms with van der Waals surface area (Å²) >= 11 is 0. The molecule has 3 nitrogen and oxygen atoms in total. The van der Waals surface area contributed by atoms with E-state index in [0.717, 1.165) is 5.56 Å². The molecule has 0 aromatic heterocycles. The van der Waals surface area contributed by atoms with Crippen LogP contribution in [-0.2, 0) is 11.2 Å². The number of carbonyl (C=O) groups is 1. The van der Waals surface area contributed by atoms with Gasteiger partial charge >= 0.3 is 0 Å². The molecule has 0 saturated heterocycles. The lowest BCUT2D eigenvalue weighted by Gasteiger charge is -2.20. The SMILES string of the molecule is CC[C@H](N)c1cc2c(cc1F)NC(=O)CC2. The van der Waals surface area contributed by atoms with Gasteiger partial charge in [-0.15, -0.1) is 0 Å². The first-order valence-corrected chi connectivity index (χ1v) is 5.49. The third kappa shape index (κ3) is 1.93. The molecular formula is C12H15FN2O. The topological polar surface area (TPSA) is 55.1 Å². The molecule has 1 aromatic rings. The van der Waals surface area contributed by atoms with E-state index < -0.39 is 0 Å². The van der Waals surface area contributed by atoms with Gasteiger partial charge in [-0.1, -0.05) is 6.92 Å². The van der Waals surface area contributed by atoms with Crippen molar-refractivity contribution in [2.75, 3.05) is 5.32 Å². The maximum Gasteiger partial charge on any atom is 0.224 e. The van der Waals surface area contributed by atoms with Gasteiger partial charge in [-0.2, -0.15) is 0 Å². The van der Waals surface area contributed by atoms with Crippen LogP contribution in [0.25, 0.3) is 0 Å². The summed E-state index contributed by atoms with van der Waals surface area (Å²) in [6, 6.07) is 2.87. The van der Waals surface area contributed by atoms with Crippen LogP contribution in [0.3, 0.4) is 0 Å². The minimum Gasteiger partial charge on any atom is -0.326 e. The Morgan fingerprint density at radius 3 is 2.94 bits per heavy atom. The van der Waals surface area contributed by atoms with Gasteiger partial charge in [0, 0.05) is 23.7 Å². The first-order valence-electron chi connectivity index (χ1n) is 5.49. The number of fused-ring (bicyclic) bond motifs is 1. The second-order valence-electron chi connectivity index (χ2n) is 4.09. The van der Waals surface area contributed by atoms with Crippen LogP contribution in [0.5, 0.6) is 0 Å². The number of amides is 1. The molecule has 0 spiro atoms. The molecule has 1 heterocycles. The molecule has 1 aromatic carbocycles. The maximum absolute atomic E-state index is 13.7. The zero-order chi connectivity index (χ0) is 11.7. The van der Waals surface area contributed by atoms with Crippen LogP contribution in [0.15, 0.2) is 12.1 Å². The van der Waals surface area contributed by atoms with Crippen molar-refractivity contribution in [3.63, 3.8) is 0 Å². The highest BCUT2D eigenvalue weighted by Crippen LogP contribution is 2.28. The van der Waals surface area contributed by atoms with E-state index in [4.69, 9.17) is 5.73 Å². The number of benzene rings is 1. The molecule has 1 aliphatic heterocycles. The number of nitrogens with two attached hydrogens (primary N) is 1. The molecule has 1 amide bonds. The van der Waals surface area contributed by atoms with E-state index in [1.54, 1.807) is 6.07 Å². The monoisotopic (exact) mass is 222 g/mol. The summed E-state index contributed by atoms with van der Waals surface area (Å²) < 4.78 is 13.7. The highest BCUT2D eigenvalue weighted by Gasteiger charge is 2.19. The number of hydrogen-bond acceptors (Lipinski definition) is 2. The zero-order valence-corrected chi connectivity index (χ0v) is 9.22. The van der Waals surface area contributed by atoms with Crippen LogP contribution in [0.2, 0.25) is 0 Å². The average Bonchev–Trinajstić information content (AvgIpc) is 2.27. The Morgan fingerprint density at radius 1 is 1.50 bits per heavy atom. The van der Waals surface area contributed by atoms with Gasteiger partial charge in [-0.05, 0) is 30.5 Å². The average molecular weight is 222 g/mol. The van der Waals surface area contributed by atoms with Crippen LogP contribution in [0, 0.1) is 5.82 Å². The smallest absolute Gasteiger partial charge is 0.224 e. The molecule has 0 radical (unpaired) electrons. The van der Waals surface area contributed by atoms with Gasteiger partial charge in [0.15, 0.2) is 0 Å². The molecule has 1 aliphatic rings. The van der Waals surface area contributed by atoms with Crippen molar-refractivity contribution < 1.29 is 9.18 Å². The van der Waals surface area contributed by atoms with Crippen LogP contribution in [-0.4, -0.2) is 5.91 Å². The van der Waals surface area contributed by atoms with Crippen molar-refractivity contribution in [2.24, 2.45) is 5.73 Å². The number of rotatable bonds is 2. The summed E-state index contributed by atoms with van der Waals surface area (Å²) in [5, 5.41) is 2.67. The Morgan fingerprint density at radius 2 is 2.25 bits per heavy atom. The lowest BCUT2D eigenvalue weighted by molar-refractivity contribution is -0.116. The second-order valence-corrected chi connectivity index (χ2v) is 4.09. The van der Waals surface area contributed by atoms with E-state index in [2.05, 4.69) is 5.32 Å². The Hall–Kier alpha value is -1.42. The summed E-state index contributed by atoms with van der Waals surface area (Å²) in [7, 11) is 0. The zero-order valence-electron chi connectivity index (χ0n) is 9.22. The Kier molecular flexibility index (Phi) is 2.92. The van der Waals surface area contributed by atoms with Crippen molar-refractivity contribution in [3.05, 3.63) is 29.1 Å².